The average molecular weight is 290 g/mol. The van der Waals surface area contributed by atoms with E-state index in [-0.39, 0.29) is 12.5 Å². The number of carbonyl (C=O) groups excluding carboxylic acids is 1. The van der Waals surface area contributed by atoms with Gasteiger partial charge in [0.2, 0.25) is 0 Å². The van der Waals surface area contributed by atoms with Gasteiger partial charge in [0.15, 0.2) is 0 Å². The molecule has 0 aliphatic heterocycles. The van der Waals surface area contributed by atoms with Gasteiger partial charge >= 0.3 is 12.0 Å². The van der Waals surface area contributed by atoms with Crippen LogP contribution in [0.3, 0.4) is 0 Å². The van der Waals surface area contributed by atoms with Gasteiger partial charge < -0.3 is 15.7 Å². The molecule has 0 bridgehead atoms. The van der Waals surface area contributed by atoms with Gasteiger partial charge in [-0.2, -0.15) is 0 Å². The Morgan fingerprint density at radius 2 is 1.81 bits per heavy atom. The first-order valence-electron chi connectivity index (χ1n) is 7.49. The number of rotatable bonds is 6. The minimum Gasteiger partial charge on any atom is -0.481 e. The van der Waals surface area contributed by atoms with Gasteiger partial charge in [-0.05, 0) is 42.9 Å². The second-order valence-corrected chi connectivity index (χ2v) is 5.58. The molecule has 0 spiro atoms. The van der Waals surface area contributed by atoms with Crippen molar-refractivity contribution in [3.63, 3.8) is 0 Å². The fourth-order valence-electron chi connectivity index (χ4n) is 2.63. The monoisotopic (exact) mass is 290 g/mol. The van der Waals surface area contributed by atoms with Gasteiger partial charge in [-0.25, -0.2) is 4.79 Å². The van der Waals surface area contributed by atoms with Gasteiger partial charge in [0.1, 0.15) is 0 Å². The zero-order chi connectivity index (χ0) is 15.1. The number of benzene rings is 1. The molecule has 5 nitrogen and oxygen atoms in total. The third-order valence-corrected chi connectivity index (χ3v) is 3.87. The molecule has 2 rings (SSSR count). The maximum Gasteiger partial charge on any atom is 0.319 e. The van der Waals surface area contributed by atoms with Gasteiger partial charge in [0, 0.05) is 18.7 Å². The van der Waals surface area contributed by atoms with Crippen molar-refractivity contribution in [1.82, 2.24) is 5.32 Å². The van der Waals surface area contributed by atoms with Crippen molar-refractivity contribution in [2.75, 3.05) is 11.9 Å². The molecule has 3 N–H and O–H groups in total. The normalized spacial score (nSPS) is 14.9. The Balaban J connectivity index is 1.73. The molecule has 1 aliphatic rings. The van der Waals surface area contributed by atoms with E-state index < -0.39 is 5.97 Å². The first-order chi connectivity index (χ1) is 10.1. The second-order valence-electron chi connectivity index (χ2n) is 5.58. The standard InChI is InChI=1S/C16H22N2O3/c19-15(20)10-7-12-5-8-14(9-6-12)18-16(21)17-11-13-3-1-2-4-13/h5-6,8-9,13H,1-4,7,10-11H2,(H,19,20)(H2,17,18,21). The Kier molecular flexibility index (Phi) is 5.60. The summed E-state index contributed by atoms with van der Waals surface area (Å²) in [6, 6.07) is 7.10. The van der Waals surface area contributed by atoms with E-state index in [2.05, 4.69) is 10.6 Å². The molecular weight excluding hydrogens is 268 g/mol. The van der Waals surface area contributed by atoms with E-state index in [1.165, 1.54) is 25.7 Å². The van der Waals surface area contributed by atoms with Crippen LogP contribution in [0, 0.1) is 5.92 Å². The van der Waals surface area contributed by atoms with E-state index in [9.17, 15) is 9.59 Å². The SMILES string of the molecule is O=C(O)CCc1ccc(NC(=O)NCC2CCCC2)cc1. The summed E-state index contributed by atoms with van der Waals surface area (Å²) in [5.41, 5.74) is 1.67. The molecule has 0 aromatic heterocycles. The zero-order valence-electron chi connectivity index (χ0n) is 12.1. The van der Waals surface area contributed by atoms with Crippen molar-refractivity contribution in [3.05, 3.63) is 29.8 Å². The molecule has 0 saturated heterocycles. The number of hydrogen-bond acceptors (Lipinski definition) is 2. The van der Waals surface area contributed by atoms with Gasteiger partial charge in [0.05, 0.1) is 0 Å². The molecule has 0 unspecified atom stereocenters. The first kappa shape index (κ1) is 15.4. The Morgan fingerprint density at radius 1 is 1.14 bits per heavy atom. The lowest BCUT2D eigenvalue weighted by atomic mass is 10.1. The van der Waals surface area contributed by atoms with Gasteiger partial charge in [-0.15, -0.1) is 0 Å². The molecule has 1 fully saturated rings. The quantitative estimate of drug-likeness (QED) is 0.753. The predicted molar refractivity (Wildman–Crippen MR) is 81.4 cm³/mol. The van der Waals surface area contributed by atoms with Crippen LogP contribution in [0.1, 0.15) is 37.7 Å². The van der Waals surface area contributed by atoms with Crippen molar-refractivity contribution >= 4 is 17.7 Å². The lowest BCUT2D eigenvalue weighted by molar-refractivity contribution is -0.136. The highest BCUT2D eigenvalue weighted by molar-refractivity contribution is 5.89. The highest BCUT2D eigenvalue weighted by atomic mass is 16.4. The minimum absolute atomic E-state index is 0.120. The summed E-state index contributed by atoms with van der Waals surface area (Å²) < 4.78 is 0. The summed E-state index contributed by atoms with van der Waals surface area (Å²) in [6.45, 7) is 0.739. The fraction of sp³-hybridized carbons (Fsp3) is 0.500. The number of carboxylic acids is 1. The van der Waals surface area contributed by atoms with E-state index in [0.717, 1.165) is 17.8 Å². The third-order valence-electron chi connectivity index (χ3n) is 3.87. The van der Waals surface area contributed by atoms with E-state index in [4.69, 9.17) is 5.11 Å². The molecule has 1 aromatic carbocycles. The van der Waals surface area contributed by atoms with Gasteiger partial charge in [-0.1, -0.05) is 25.0 Å². The van der Waals surface area contributed by atoms with Crippen molar-refractivity contribution < 1.29 is 14.7 Å². The number of aliphatic carboxylic acids is 1. The molecule has 0 atom stereocenters. The second kappa shape index (κ2) is 7.67. The molecule has 1 aromatic rings. The lowest BCUT2D eigenvalue weighted by Crippen LogP contribution is -2.32. The van der Waals surface area contributed by atoms with Crippen LogP contribution >= 0.6 is 0 Å². The maximum absolute atomic E-state index is 11.8. The summed E-state index contributed by atoms with van der Waals surface area (Å²) in [7, 11) is 0. The fourth-order valence-corrected chi connectivity index (χ4v) is 2.63. The predicted octanol–water partition coefficient (Wildman–Crippen LogP) is 3.02. The molecular formula is C16H22N2O3. The van der Waals surface area contributed by atoms with Crippen molar-refractivity contribution in [2.45, 2.75) is 38.5 Å². The molecule has 114 valence electrons. The lowest BCUT2D eigenvalue weighted by Gasteiger charge is -2.12. The Labute approximate surface area is 124 Å². The number of amides is 2. The van der Waals surface area contributed by atoms with E-state index in [1.807, 2.05) is 12.1 Å². The minimum atomic E-state index is -0.802. The van der Waals surface area contributed by atoms with Crippen molar-refractivity contribution in [2.24, 2.45) is 5.92 Å². The van der Waals surface area contributed by atoms with Gasteiger partial charge in [0.25, 0.3) is 0 Å². The van der Waals surface area contributed by atoms with Crippen LogP contribution in [0.25, 0.3) is 0 Å². The molecule has 21 heavy (non-hydrogen) atoms. The number of urea groups is 1. The smallest absolute Gasteiger partial charge is 0.319 e. The summed E-state index contributed by atoms with van der Waals surface area (Å²) in [4.78, 5) is 22.3. The highest BCUT2D eigenvalue weighted by Gasteiger charge is 2.15. The van der Waals surface area contributed by atoms with Crippen LogP contribution in [0.2, 0.25) is 0 Å². The van der Waals surface area contributed by atoms with Crippen molar-refractivity contribution in [3.8, 4) is 0 Å². The Hall–Kier alpha value is -2.04. The number of hydrogen-bond donors (Lipinski definition) is 3. The van der Waals surface area contributed by atoms with Gasteiger partial charge in [-0.3, -0.25) is 4.79 Å². The summed E-state index contributed by atoms with van der Waals surface area (Å²) in [5.74, 6) is -0.183. The average Bonchev–Trinajstić information content (AvgIpc) is 2.98. The van der Waals surface area contributed by atoms with Crippen LogP contribution in [-0.4, -0.2) is 23.7 Å². The molecule has 5 heteroatoms. The summed E-state index contributed by atoms with van der Waals surface area (Å²) in [5, 5.41) is 14.3. The van der Waals surface area contributed by atoms with Crippen LogP contribution < -0.4 is 10.6 Å². The molecule has 2 amide bonds. The van der Waals surface area contributed by atoms with Crippen LogP contribution in [0.5, 0.6) is 0 Å². The highest BCUT2D eigenvalue weighted by Crippen LogP contribution is 2.23. The van der Waals surface area contributed by atoms with E-state index in [0.29, 0.717) is 12.3 Å². The van der Waals surface area contributed by atoms with E-state index >= 15 is 0 Å². The number of nitrogens with one attached hydrogen (secondary N) is 2. The summed E-state index contributed by atoms with van der Waals surface area (Å²) in [6.07, 6.45) is 5.58. The Morgan fingerprint density at radius 3 is 2.43 bits per heavy atom. The number of aryl methyl sites for hydroxylation is 1. The molecule has 1 saturated carbocycles. The Bertz CT molecular complexity index is 479. The first-order valence-corrected chi connectivity index (χ1v) is 7.49. The maximum atomic E-state index is 11.8. The molecule has 0 heterocycles. The number of carboxylic acid groups (broad SMARTS) is 1. The van der Waals surface area contributed by atoms with Crippen LogP contribution in [0.4, 0.5) is 10.5 Å². The van der Waals surface area contributed by atoms with Crippen LogP contribution in [-0.2, 0) is 11.2 Å². The van der Waals surface area contributed by atoms with Crippen molar-refractivity contribution in [1.29, 1.82) is 0 Å². The molecule has 1 aliphatic carbocycles. The summed E-state index contributed by atoms with van der Waals surface area (Å²) >= 11 is 0. The number of carbonyl (C=O) groups is 2. The third kappa shape index (κ3) is 5.45. The number of anilines is 1. The molecule has 0 radical (unpaired) electrons. The van der Waals surface area contributed by atoms with E-state index in [1.54, 1.807) is 12.1 Å². The van der Waals surface area contributed by atoms with Crippen LogP contribution in [0.15, 0.2) is 24.3 Å². The topological polar surface area (TPSA) is 78.4 Å². The largest absolute Gasteiger partial charge is 0.481 e. The zero-order valence-corrected chi connectivity index (χ0v) is 12.1.